The molecule has 0 unspecified atom stereocenters. The van der Waals surface area contributed by atoms with Gasteiger partial charge in [0.1, 0.15) is 5.69 Å². The predicted molar refractivity (Wildman–Crippen MR) is 177 cm³/mol. The molecule has 1 N–H and O–H groups in total. The number of anilines is 1. The van der Waals surface area contributed by atoms with Crippen molar-refractivity contribution < 1.29 is 31.1 Å². The van der Waals surface area contributed by atoms with E-state index in [1.807, 2.05) is 54.4 Å². The smallest absolute Gasteiger partial charge is 0.338 e. The van der Waals surface area contributed by atoms with Crippen LogP contribution in [0.4, 0.5) is 32.3 Å². The second-order valence-electron chi connectivity index (χ2n) is 12.4. The molecular formula is C35H39F6N7O. The van der Waals surface area contributed by atoms with Crippen LogP contribution in [-0.4, -0.2) is 104 Å². The third-order valence-corrected chi connectivity index (χ3v) is 8.58. The molecule has 0 aliphatic carbocycles. The van der Waals surface area contributed by atoms with Crippen LogP contribution in [0.5, 0.6) is 0 Å². The van der Waals surface area contributed by atoms with Crippen molar-refractivity contribution in [2.75, 3.05) is 78.4 Å². The van der Waals surface area contributed by atoms with E-state index in [-0.39, 0.29) is 17.3 Å². The summed E-state index contributed by atoms with van der Waals surface area (Å²) in [5.41, 5.74) is -2.15. The average Bonchev–Trinajstić information content (AvgIpc) is 3.07. The number of alkyl halides is 6. The summed E-state index contributed by atoms with van der Waals surface area (Å²) in [6.45, 7) is 7.01. The summed E-state index contributed by atoms with van der Waals surface area (Å²) in [6.07, 6.45) is -8.45. The van der Waals surface area contributed by atoms with E-state index in [0.717, 1.165) is 41.9 Å². The van der Waals surface area contributed by atoms with Gasteiger partial charge in [0.05, 0.1) is 11.1 Å². The van der Waals surface area contributed by atoms with Gasteiger partial charge in [-0.15, -0.1) is 0 Å². The topological polar surface area (TPSA) is 67.8 Å². The van der Waals surface area contributed by atoms with Gasteiger partial charge in [-0.05, 0) is 60.3 Å². The van der Waals surface area contributed by atoms with E-state index in [1.54, 1.807) is 0 Å². The SMILES string of the molecule is CN1CCN(c2ncc(-c3ccc4ccccc4c3)c(C(=O)N(C)Cc3cc(C(F)(F)F)cc(C(F)(F)F)c3)n2)CC1.CN1CCNCC1. The number of rotatable bonds is 5. The van der Waals surface area contributed by atoms with E-state index < -0.39 is 35.9 Å². The summed E-state index contributed by atoms with van der Waals surface area (Å²) in [5, 5.41) is 5.16. The molecule has 49 heavy (non-hydrogen) atoms. The van der Waals surface area contributed by atoms with Gasteiger partial charge in [0, 0.05) is 77.7 Å². The van der Waals surface area contributed by atoms with Crippen molar-refractivity contribution in [3.8, 4) is 11.1 Å². The number of hydrogen-bond acceptors (Lipinski definition) is 7. The first-order chi connectivity index (χ1) is 23.2. The highest BCUT2D eigenvalue weighted by Crippen LogP contribution is 2.37. The van der Waals surface area contributed by atoms with Gasteiger partial charge in [-0.3, -0.25) is 4.79 Å². The fraction of sp³-hybridized carbons (Fsp3) is 0.400. The van der Waals surface area contributed by atoms with Crippen LogP contribution in [0, 0.1) is 0 Å². The molecule has 0 atom stereocenters. The number of fused-ring (bicyclic) bond motifs is 1. The zero-order valence-corrected chi connectivity index (χ0v) is 27.6. The number of likely N-dealkylation sites (N-methyl/N-ethyl adjacent to an activating group) is 2. The lowest BCUT2D eigenvalue weighted by Gasteiger charge is -2.32. The van der Waals surface area contributed by atoms with Gasteiger partial charge < -0.3 is 24.9 Å². The van der Waals surface area contributed by atoms with Gasteiger partial charge in [0.2, 0.25) is 5.95 Å². The van der Waals surface area contributed by atoms with Crippen LogP contribution in [-0.2, 0) is 18.9 Å². The predicted octanol–water partition coefficient (Wildman–Crippen LogP) is 5.88. The largest absolute Gasteiger partial charge is 0.416 e. The van der Waals surface area contributed by atoms with E-state index in [0.29, 0.717) is 42.3 Å². The van der Waals surface area contributed by atoms with Crippen molar-refractivity contribution >= 4 is 22.6 Å². The van der Waals surface area contributed by atoms with Crippen molar-refractivity contribution in [2.24, 2.45) is 0 Å². The zero-order chi connectivity index (χ0) is 35.3. The number of halogens is 6. The highest BCUT2D eigenvalue weighted by atomic mass is 19.4. The molecular weight excluding hydrogens is 648 g/mol. The maximum atomic E-state index is 13.8. The number of piperazine rings is 2. The maximum Gasteiger partial charge on any atom is 0.416 e. The van der Waals surface area contributed by atoms with Crippen molar-refractivity contribution in [1.82, 2.24) is 30.0 Å². The lowest BCUT2D eigenvalue weighted by molar-refractivity contribution is -0.143. The van der Waals surface area contributed by atoms with Crippen LogP contribution in [0.3, 0.4) is 0 Å². The Morgan fingerprint density at radius 1 is 0.796 bits per heavy atom. The molecule has 0 saturated carbocycles. The Bertz CT molecular complexity index is 1720. The molecule has 2 fully saturated rings. The molecule has 0 spiro atoms. The summed E-state index contributed by atoms with van der Waals surface area (Å²) >= 11 is 0. The Balaban J connectivity index is 0.000000595. The molecule has 0 radical (unpaired) electrons. The highest BCUT2D eigenvalue weighted by Gasteiger charge is 2.37. The molecule has 6 rings (SSSR count). The molecule has 3 aromatic carbocycles. The van der Waals surface area contributed by atoms with Gasteiger partial charge in [-0.2, -0.15) is 26.3 Å². The fourth-order valence-corrected chi connectivity index (χ4v) is 5.68. The summed E-state index contributed by atoms with van der Waals surface area (Å²) in [6, 6.07) is 14.5. The van der Waals surface area contributed by atoms with Gasteiger partial charge in [-0.25, -0.2) is 9.97 Å². The number of hydrogen-bond donors (Lipinski definition) is 1. The Morgan fingerprint density at radius 3 is 1.96 bits per heavy atom. The first-order valence-corrected chi connectivity index (χ1v) is 15.9. The number of nitrogens with one attached hydrogen (secondary N) is 1. The Hall–Kier alpha value is -4.27. The summed E-state index contributed by atoms with van der Waals surface area (Å²) in [4.78, 5) is 30.4. The molecule has 2 aliphatic rings. The van der Waals surface area contributed by atoms with Crippen LogP contribution < -0.4 is 10.2 Å². The molecule has 262 valence electrons. The second kappa shape index (κ2) is 15.1. The van der Waals surface area contributed by atoms with Crippen molar-refractivity contribution in [3.63, 3.8) is 0 Å². The number of aromatic nitrogens is 2. The minimum absolute atomic E-state index is 0.000250. The molecule has 0 bridgehead atoms. The Labute approximate surface area is 281 Å². The number of nitrogens with zero attached hydrogens (tertiary/aromatic N) is 6. The number of carbonyl (C=O) groups excluding carboxylic acids is 1. The van der Waals surface area contributed by atoms with Crippen LogP contribution in [0.15, 0.2) is 66.9 Å². The van der Waals surface area contributed by atoms with Gasteiger partial charge >= 0.3 is 12.4 Å². The van der Waals surface area contributed by atoms with E-state index in [9.17, 15) is 31.1 Å². The normalized spacial score (nSPS) is 16.3. The molecule has 8 nitrogen and oxygen atoms in total. The first-order valence-electron chi connectivity index (χ1n) is 15.9. The van der Waals surface area contributed by atoms with E-state index >= 15 is 0 Å². The van der Waals surface area contributed by atoms with Gasteiger partial charge in [0.25, 0.3) is 5.91 Å². The molecule has 1 aromatic heterocycles. The third kappa shape index (κ3) is 9.25. The molecule has 2 aliphatic heterocycles. The van der Waals surface area contributed by atoms with E-state index in [1.165, 1.54) is 26.3 Å². The number of benzene rings is 3. The quantitative estimate of drug-likeness (QED) is 0.263. The first kappa shape index (κ1) is 36.0. The molecule has 4 aromatic rings. The third-order valence-electron chi connectivity index (χ3n) is 8.58. The lowest BCUT2D eigenvalue weighted by Crippen LogP contribution is -2.45. The Kier molecular flexibility index (Phi) is 11.1. The van der Waals surface area contributed by atoms with E-state index in [2.05, 4.69) is 32.1 Å². The maximum absolute atomic E-state index is 13.8. The molecule has 1 amide bonds. The fourth-order valence-electron chi connectivity index (χ4n) is 5.68. The van der Waals surface area contributed by atoms with Crippen LogP contribution in [0.2, 0.25) is 0 Å². The zero-order valence-electron chi connectivity index (χ0n) is 27.6. The minimum atomic E-state index is -4.99. The van der Waals surface area contributed by atoms with Crippen LogP contribution >= 0.6 is 0 Å². The molecule has 2 saturated heterocycles. The summed E-state index contributed by atoms with van der Waals surface area (Å²) in [5.74, 6) is -0.343. The number of carbonyl (C=O) groups is 1. The van der Waals surface area contributed by atoms with E-state index in [4.69, 9.17) is 0 Å². The van der Waals surface area contributed by atoms with Crippen LogP contribution in [0.1, 0.15) is 27.2 Å². The monoisotopic (exact) mass is 687 g/mol. The second-order valence-corrected chi connectivity index (χ2v) is 12.4. The van der Waals surface area contributed by atoms with Crippen molar-refractivity contribution in [1.29, 1.82) is 0 Å². The highest BCUT2D eigenvalue weighted by molar-refractivity contribution is 6.00. The number of amides is 1. The summed E-state index contributed by atoms with van der Waals surface area (Å²) in [7, 11) is 5.46. The molecule has 14 heteroatoms. The standard InChI is InChI=1S/C30H27F6N5O.C5H12N2/c1-39-9-11-41(12-10-39)28-37-17-25(22-8-7-20-5-3-4-6-21(20)15-22)26(38-28)27(42)40(2)18-19-13-23(29(31,32)33)16-24(14-19)30(34,35)36;1-7-4-2-6-3-5-7/h3-8,13-17H,9-12,18H2,1-2H3;6H,2-5H2,1H3. The van der Waals surface area contributed by atoms with Crippen molar-refractivity contribution in [2.45, 2.75) is 18.9 Å². The van der Waals surface area contributed by atoms with Crippen molar-refractivity contribution in [3.05, 3.63) is 89.2 Å². The average molecular weight is 688 g/mol. The summed E-state index contributed by atoms with van der Waals surface area (Å²) < 4.78 is 80.5. The van der Waals surface area contributed by atoms with Gasteiger partial charge in [0.15, 0.2) is 0 Å². The minimum Gasteiger partial charge on any atom is -0.338 e. The van der Waals surface area contributed by atoms with Gasteiger partial charge in [-0.1, -0.05) is 36.4 Å². The Morgan fingerprint density at radius 2 is 1.39 bits per heavy atom. The van der Waals surface area contributed by atoms with Crippen LogP contribution in [0.25, 0.3) is 21.9 Å². The molecule has 3 heterocycles. The lowest BCUT2D eigenvalue weighted by atomic mass is 10.0.